The van der Waals surface area contributed by atoms with E-state index in [0.717, 1.165) is 5.56 Å². The second kappa shape index (κ2) is 9.44. The summed E-state index contributed by atoms with van der Waals surface area (Å²) >= 11 is 0. The maximum absolute atomic E-state index is 12.2. The highest BCUT2D eigenvalue weighted by molar-refractivity contribution is 5.91. The summed E-state index contributed by atoms with van der Waals surface area (Å²) in [5.74, 6) is -0.434. The molecule has 0 aliphatic rings. The normalized spacial score (nSPS) is 11.5. The fourth-order valence-electron chi connectivity index (χ4n) is 2.60. The Kier molecular flexibility index (Phi) is 7.01. The number of nitro benzene ring substituents is 1. The molecule has 2 aromatic carbocycles. The van der Waals surface area contributed by atoms with Crippen LogP contribution in [0.2, 0.25) is 0 Å². The second-order valence-electron chi connectivity index (χ2n) is 5.97. The Bertz CT molecular complexity index is 824. The molecule has 0 saturated heterocycles. The molecule has 0 fully saturated rings. The molecule has 8 nitrogen and oxygen atoms in total. The zero-order valence-electron chi connectivity index (χ0n) is 15.2. The van der Waals surface area contributed by atoms with Gasteiger partial charge in [-0.1, -0.05) is 30.3 Å². The van der Waals surface area contributed by atoms with Crippen LogP contribution >= 0.6 is 0 Å². The van der Waals surface area contributed by atoms with Gasteiger partial charge in [-0.25, -0.2) is 0 Å². The predicted octanol–water partition coefficient (Wildman–Crippen LogP) is 2.31. The van der Waals surface area contributed by atoms with E-state index in [9.17, 15) is 19.7 Å². The molecule has 8 heteroatoms. The van der Waals surface area contributed by atoms with Gasteiger partial charge in [-0.05, 0) is 24.1 Å². The van der Waals surface area contributed by atoms with Gasteiger partial charge >= 0.3 is 0 Å². The third kappa shape index (κ3) is 5.61. The zero-order valence-corrected chi connectivity index (χ0v) is 15.2. The van der Waals surface area contributed by atoms with Gasteiger partial charge in [0.15, 0.2) is 0 Å². The van der Waals surface area contributed by atoms with Crippen LogP contribution in [-0.4, -0.2) is 30.3 Å². The summed E-state index contributed by atoms with van der Waals surface area (Å²) in [7, 11) is 1.56. The van der Waals surface area contributed by atoms with Crippen LogP contribution in [0.25, 0.3) is 0 Å². The van der Waals surface area contributed by atoms with Crippen LogP contribution in [0.3, 0.4) is 0 Å². The lowest BCUT2D eigenvalue weighted by molar-refractivity contribution is -0.384. The second-order valence-corrected chi connectivity index (χ2v) is 5.97. The summed E-state index contributed by atoms with van der Waals surface area (Å²) in [6, 6.07) is 12.9. The van der Waals surface area contributed by atoms with E-state index in [0.29, 0.717) is 17.8 Å². The Morgan fingerprint density at radius 2 is 1.85 bits per heavy atom. The van der Waals surface area contributed by atoms with Gasteiger partial charge in [0.1, 0.15) is 6.04 Å². The van der Waals surface area contributed by atoms with Crippen molar-refractivity contribution in [2.45, 2.75) is 19.4 Å². The van der Waals surface area contributed by atoms with Crippen molar-refractivity contribution in [1.29, 1.82) is 0 Å². The molecule has 2 rings (SSSR count). The van der Waals surface area contributed by atoms with Crippen molar-refractivity contribution in [3.05, 3.63) is 69.8 Å². The third-order valence-electron chi connectivity index (χ3n) is 4.04. The van der Waals surface area contributed by atoms with E-state index in [1.54, 1.807) is 14.0 Å². The molecule has 0 saturated carbocycles. The molecule has 3 N–H and O–H groups in total. The van der Waals surface area contributed by atoms with Crippen LogP contribution in [0, 0.1) is 17.0 Å². The van der Waals surface area contributed by atoms with Crippen molar-refractivity contribution in [3.63, 3.8) is 0 Å². The first kappa shape index (κ1) is 20.1. The number of amides is 2. The molecule has 0 radical (unpaired) electrons. The first-order valence-corrected chi connectivity index (χ1v) is 8.47. The third-order valence-corrected chi connectivity index (χ3v) is 4.04. The maximum Gasteiger partial charge on any atom is 0.269 e. The molecule has 142 valence electrons. The average Bonchev–Trinajstić information content (AvgIpc) is 2.66. The SMILES string of the molecule is CNC(=O)[C@H](NCCC(=O)Nc1ccc([N+](=O)[O-])cc1C)c1ccccc1. The van der Waals surface area contributed by atoms with Crippen molar-refractivity contribution >= 4 is 23.2 Å². The number of anilines is 1. The Labute approximate surface area is 157 Å². The minimum absolute atomic E-state index is 0.0246. The largest absolute Gasteiger partial charge is 0.358 e. The van der Waals surface area contributed by atoms with Gasteiger partial charge in [-0.3, -0.25) is 19.7 Å². The molecule has 0 unspecified atom stereocenters. The Morgan fingerprint density at radius 3 is 2.44 bits per heavy atom. The molecule has 2 amide bonds. The number of carbonyl (C=O) groups excluding carboxylic acids is 2. The van der Waals surface area contributed by atoms with E-state index in [1.807, 2.05) is 30.3 Å². The molecule has 0 spiro atoms. The van der Waals surface area contributed by atoms with Crippen molar-refractivity contribution in [3.8, 4) is 0 Å². The van der Waals surface area contributed by atoms with Crippen LogP contribution < -0.4 is 16.0 Å². The number of non-ortho nitro benzene ring substituents is 1. The number of nitrogens with zero attached hydrogens (tertiary/aromatic N) is 1. The van der Waals surface area contributed by atoms with Crippen molar-refractivity contribution in [1.82, 2.24) is 10.6 Å². The van der Waals surface area contributed by atoms with Gasteiger partial charge in [0.2, 0.25) is 11.8 Å². The topological polar surface area (TPSA) is 113 Å². The van der Waals surface area contributed by atoms with E-state index < -0.39 is 11.0 Å². The molecule has 1 atom stereocenters. The lowest BCUT2D eigenvalue weighted by Gasteiger charge is -2.17. The van der Waals surface area contributed by atoms with Crippen LogP contribution in [0.4, 0.5) is 11.4 Å². The molecule has 27 heavy (non-hydrogen) atoms. The highest BCUT2D eigenvalue weighted by atomic mass is 16.6. The summed E-state index contributed by atoms with van der Waals surface area (Å²) in [4.78, 5) is 34.5. The van der Waals surface area contributed by atoms with Gasteiger partial charge in [0.05, 0.1) is 4.92 Å². The van der Waals surface area contributed by atoms with E-state index in [2.05, 4.69) is 16.0 Å². The Morgan fingerprint density at radius 1 is 1.15 bits per heavy atom. The summed E-state index contributed by atoms with van der Waals surface area (Å²) in [5, 5.41) is 19.2. The fraction of sp³-hybridized carbons (Fsp3) is 0.263. The van der Waals surface area contributed by atoms with Gasteiger partial charge < -0.3 is 16.0 Å². The number of hydrogen-bond acceptors (Lipinski definition) is 5. The molecule has 0 aromatic heterocycles. The van der Waals surface area contributed by atoms with Gasteiger partial charge in [-0.2, -0.15) is 0 Å². The first-order chi connectivity index (χ1) is 12.9. The van der Waals surface area contributed by atoms with Crippen molar-refractivity contribution < 1.29 is 14.5 Å². The van der Waals surface area contributed by atoms with E-state index in [1.165, 1.54) is 18.2 Å². The average molecular weight is 370 g/mol. The lowest BCUT2D eigenvalue weighted by atomic mass is 10.1. The molecule has 2 aromatic rings. The lowest BCUT2D eigenvalue weighted by Crippen LogP contribution is -2.37. The zero-order chi connectivity index (χ0) is 19.8. The van der Waals surface area contributed by atoms with E-state index in [4.69, 9.17) is 0 Å². The minimum atomic E-state index is -0.551. The van der Waals surface area contributed by atoms with Gasteiger partial charge in [-0.15, -0.1) is 0 Å². The van der Waals surface area contributed by atoms with Crippen LogP contribution in [-0.2, 0) is 9.59 Å². The predicted molar refractivity (Wildman–Crippen MR) is 102 cm³/mol. The van der Waals surface area contributed by atoms with E-state index >= 15 is 0 Å². The van der Waals surface area contributed by atoms with Crippen molar-refractivity contribution in [2.24, 2.45) is 0 Å². The highest BCUT2D eigenvalue weighted by Gasteiger charge is 2.19. The molecule has 0 aliphatic heterocycles. The van der Waals surface area contributed by atoms with Gasteiger partial charge in [0.25, 0.3) is 5.69 Å². The molecule has 0 bridgehead atoms. The maximum atomic E-state index is 12.2. The number of nitrogens with one attached hydrogen (secondary N) is 3. The number of aryl methyl sites for hydroxylation is 1. The highest BCUT2D eigenvalue weighted by Crippen LogP contribution is 2.21. The number of hydrogen-bond donors (Lipinski definition) is 3. The number of carbonyl (C=O) groups is 2. The number of nitro groups is 1. The van der Waals surface area contributed by atoms with Crippen LogP contribution in [0.5, 0.6) is 0 Å². The van der Waals surface area contributed by atoms with E-state index in [-0.39, 0.29) is 23.9 Å². The summed E-state index contributed by atoms with van der Waals surface area (Å²) in [5.41, 5.74) is 1.92. The number of likely N-dealkylation sites (N-methyl/N-ethyl adjacent to an activating group) is 1. The Balaban J connectivity index is 1.92. The molecular weight excluding hydrogens is 348 g/mol. The molecular formula is C19H22N4O4. The summed E-state index contributed by atoms with van der Waals surface area (Å²) in [6.07, 6.45) is 0.150. The van der Waals surface area contributed by atoms with Gasteiger partial charge in [0, 0.05) is 37.8 Å². The smallest absolute Gasteiger partial charge is 0.269 e. The molecule has 0 heterocycles. The standard InChI is InChI=1S/C19H22N4O4/c1-13-12-15(23(26)27)8-9-16(13)22-17(24)10-11-21-18(19(25)20-2)14-6-4-3-5-7-14/h3-9,12,18,21H,10-11H2,1-2H3,(H,20,25)(H,22,24)/t18-/m1/s1. The minimum Gasteiger partial charge on any atom is -0.358 e. The monoisotopic (exact) mass is 370 g/mol. The summed E-state index contributed by atoms with van der Waals surface area (Å²) in [6.45, 7) is 1.99. The quantitative estimate of drug-likeness (QED) is 0.487. The van der Waals surface area contributed by atoms with Crippen LogP contribution in [0.15, 0.2) is 48.5 Å². The number of rotatable bonds is 8. The Hall–Kier alpha value is -3.26. The van der Waals surface area contributed by atoms with Crippen molar-refractivity contribution in [2.75, 3.05) is 18.9 Å². The fourth-order valence-corrected chi connectivity index (χ4v) is 2.60. The first-order valence-electron chi connectivity index (χ1n) is 8.47. The number of benzene rings is 2. The van der Waals surface area contributed by atoms with Crippen LogP contribution in [0.1, 0.15) is 23.6 Å². The molecule has 0 aliphatic carbocycles. The summed E-state index contributed by atoms with van der Waals surface area (Å²) < 4.78 is 0.